The van der Waals surface area contributed by atoms with Gasteiger partial charge in [-0.25, -0.2) is 18.4 Å². The average molecular weight is 544 g/mol. The zero-order valence-corrected chi connectivity index (χ0v) is 21.2. The van der Waals surface area contributed by atoms with E-state index in [2.05, 4.69) is 15.4 Å². The fourth-order valence-electron chi connectivity index (χ4n) is 4.09. The number of benzene rings is 1. The molecule has 0 aliphatic heterocycles. The second-order valence-corrected chi connectivity index (χ2v) is 9.52. The summed E-state index contributed by atoms with van der Waals surface area (Å²) >= 11 is 0.875. The number of para-hydroxylation sites is 1. The van der Waals surface area contributed by atoms with Gasteiger partial charge in [-0.3, -0.25) is 9.59 Å². The van der Waals surface area contributed by atoms with Crippen LogP contribution in [0.15, 0.2) is 36.5 Å². The van der Waals surface area contributed by atoms with Crippen molar-refractivity contribution < 1.29 is 32.6 Å². The van der Waals surface area contributed by atoms with Crippen molar-refractivity contribution in [1.82, 2.24) is 14.8 Å². The van der Waals surface area contributed by atoms with E-state index in [1.54, 1.807) is 24.4 Å². The number of nitrogens with two attached hydrogens (primary N) is 1. The fourth-order valence-corrected chi connectivity index (χ4v) is 5.11. The normalized spacial score (nSPS) is 13.1. The van der Waals surface area contributed by atoms with Crippen LogP contribution in [0.25, 0.3) is 10.2 Å². The van der Waals surface area contributed by atoms with Crippen molar-refractivity contribution in [3.05, 3.63) is 58.4 Å². The van der Waals surface area contributed by atoms with Gasteiger partial charge < -0.3 is 25.3 Å². The quantitative estimate of drug-likeness (QED) is 0.296. The van der Waals surface area contributed by atoms with Crippen LogP contribution >= 0.6 is 11.3 Å². The van der Waals surface area contributed by atoms with Crippen molar-refractivity contribution in [2.45, 2.75) is 31.9 Å². The van der Waals surface area contributed by atoms with Gasteiger partial charge in [0.1, 0.15) is 15.4 Å². The first-order valence-corrected chi connectivity index (χ1v) is 12.4. The summed E-state index contributed by atoms with van der Waals surface area (Å²) in [6, 6.07) is 8.02. The first kappa shape index (κ1) is 25.4. The summed E-state index contributed by atoms with van der Waals surface area (Å²) in [5, 5.41) is 7.42. The van der Waals surface area contributed by atoms with E-state index in [4.69, 9.17) is 19.9 Å². The number of aromatic nitrogens is 3. The Bertz CT molecular complexity index is 1510. The van der Waals surface area contributed by atoms with Crippen molar-refractivity contribution >= 4 is 39.1 Å². The van der Waals surface area contributed by atoms with Crippen LogP contribution in [0.5, 0.6) is 17.2 Å². The zero-order valence-electron chi connectivity index (χ0n) is 20.4. The van der Waals surface area contributed by atoms with E-state index < -0.39 is 18.2 Å². The van der Waals surface area contributed by atoms with Crippen LogP contribution in [0.3, 0.4) is 0 Å². The third-order valence-corrected chi connectivity index (χ3v) is 7.11. The number of carbonyl (C=O) groups is 2. The smallest absolute Gasteiger partial charge is 0.280 e. The number of hydrogen-bond donors (Lipinski definition) is 2. The number of fused-ring (bicyclic) bond motifs is 1. The summed E-state index contributed by atoms with van der Waals surface area (Å²) in [6.45, 7) is -0.0515. The molecule has 0 unspecified atom stereocenters. The number of primary amides is 1. The third kappa shape index (κ3) is 4.84. The molecule has 3 heterocycles. The maximum Gasteiger partial charge on any atom is 0.280 e. The molecular weight excluding hydrogens is 520 g/mol. The van der Waals surface area contributed by atoms with Crippen molar-refractivity contribution in [3.63, 3.8) is 0 Å². The van der Waals surface area contributed by atoms with Gasteiger partial charge in [0.15, 0.2) is 23.9 Å². The minimum absolute atomic E-state index is 0.0280. The maximum absolute atomic E-state index is 13.5. The molecule has 2 amide bonds. The Morgan fingerprint density at radius 3 is 2.53 bits per heavy atom. The highest BCUT2D eigenvalue weighted by atomic mass is 32.1. The molecule has 13 heteroatoms. The van der Waals surface area contributed by atoms with Crippen molar-refractivity contribution in [2.24, 2.45) is 5.73 Å². The first-order valence-electron chi connectivity index (χ1n) is 11.5. The van der Waals surface area contributed by atoms with Gasteiger partial charge in [-0.2, -0.15) is 5.10 Å². The molecule has 1 aliphatic carbocycles. The molecule has 38 heavy (non-hydrogen) atoms. The number of nitrogens with zero attached hydrogens (tertiary/aromatic N) is 3. The number of pyridine rings is 1. The monoisotopic (exact) mass is 543 g/mol. The highest BCUT2D eigenvalue weighted by Gasteiger charge is 2.32. The molecule has 10 nitrogen and oxygen atoms in total. The molecule has 1 fully saturated rings. The van der Waals surface area contributed by atoms with Crippen molar-refractivity contribution in [2.75, 3.05) is 19.5 Å². The van der Waals surface area contributed by atoms with Gasteiger partial charge in [-0.15, -0.1) is 11.3 Å². The molecule has 1 aromatic carbocycles. The minimum Gasteiger partial charge on any atom is -0.493 e. The Kier molecular flexibility index (Phi) is 6.85. The van der Waals surface area contributed by atoms with Crippen LogP contribution in [0.1, 0.15) is 56.6 Å². The summed E-state index contributed by atoms with van der Waals surface area (Å²) in [7, 11) is 3.01. The molecule has 0 atom stereocenters. The molecule has 198 valence electrons. The van der Waals surface area contributed by atoms with Gasteiger partial charge in [0.2, 0.25) is 5.75 Å². The van der Waals surface area contributed by atoms with E-state index in [1.807, 2.05) is 0 Å². The number of ether oxygens (including phenoxy) is 3. The SMILES string of the molecule is COc1cccc(OC)c1OCn1ccc(C(=O)Nc2c(C(N)=O)sc3nc(C(F)F)cc(C4CC4)c23)n1. The molecule has 5 rings (SSSR count). The van der Waals surface area contributed by atoms with E-state index in [0.29, 0.717) is 28.2 Å². The zero-order chi connectivity index (χ0) is 27.0. The standard InChI is InChI=1S/C25H23F2N5O5S/c1-35-16-4-3-5-17(36-2)20(16)37-11-32-9-8-14(31-32)24(34)30-19-18-13(12-6-7-12)10-15(22(26)27)29-25(18)38-21(19)23(28)33/h3-5,8-10,12,22H,6-7,11H2,1-2H3,(H2,28,33)(H,30,34). The van der Waals surface area contributed by atoms with E-state index in [9.17, 15) is 18.4 Å². The van der Waals surface area contributed by atoms with Gasteiger partial charge in [0.05, 0.1) is 19.9 Å². The molecule has 0 bridgehead atoms. The van der Waals surface area contributed by atoms with Gasteiger partial charge in [-0.05, 0) is 48.6 Å². The van der Waals surface area contributed by atoms with Gasteiger partial charge in [-0.1, -0.05) is 6.07 Å². The summed E-state index contributed by atoms with van der Waals surface area (Å²) in [6.07, 6.45) is 0.413. The van der Waals surface area contributed by atoms with E-state index >= 15 is 0 Å². The molecule has 0 spiro atoms. The van der Waals surface area contributed by atoms with E-state index in [-0.39, 0.29) is 39.4 Å². The molecular formula is C25H23F2N5O5S. The summed E-state index contributed by atoms with van der Waals surface area (Å²) in [5.74, 6) is -0.0556. The van der Waals surface area contributed by atoms with Gasteiger partial charge in [0, 0.05) is 11.6 Å². The lowest BCUT2D eigenvalue weighted by molar-refractivity contribution is 0.100. The van der Waals surface area contributed by atoms with Crippen LogP contribution in [-0.2, 0) is 6.73 Å². The third-order valence-electron chi connectivity index (χ3n) is 6.01. The summed E-state index contributed by atoms with van der Waals surface area (Å²) in [4.78, 5) is 29.6. The van der Waals surface area contributed by atoms with Gasteiger partial charge in [0.25, 0.3) is 18.2 Å². The Morgan fingerprint density at radius 2 is 1.92 bits per heavy atom. The van der Waals surface area contributed by atoms with Crippen LogP contribution in [0, 0.1) is 0 Å². The van der Waals surface area contributed by atoms with Crippen LogP contribution in [0.4, 0.5) is 14.5 Å². The predicted octanol–water partition coefficient (Wildman–Crippen LogP) is 4.71. The molecule has 1 aliphatic rings. The number of alkyl halides is 2. The Hall–Kier alpha value is -4.26. The summed E-state index contributed by atoms with van der Waals surface area (Å²) in [5.41, 5.74) is 6.01. The van der Waals surface area contributed by atoms with E-state index in [0.717, 1.165) is 24.2 Å². The maximum atomic E-state index is 13.5. The number of amides is 2. The topological polar surface area (TPSA) is 131 Å². The Balaban J connectivity index is 1.41. The Labute approximate surface area is 219 Å². The van der Waals surface area contributed by atoms with Crippen LogP contribution in [-0.4, -0.2) is 40.8 Å². The lowest BCUT2D eigenvalue weighted by Crippen LogP contribution is -2.18. The molecule has 0 radical (unpaired) electrons. The van der Waals surface area contributed by atoms with Crippen molar-refractivity contribution in [1.29, 1.82) is 0 Å². The number of methoxy groups -OCH3 is 2. The van der Waals surface area contributed by atoms with Crippen LogP contribution < -0.4 is 25.3 Å². The minimum atomic E-state index is -2.77. The molecule has 3 aromatic heterocycles. The lowest BCUT2D eigenvalue weighted by atomic mass is 10.0. The number of hydrogen-bond acceptors (Lipinski definition) is 8. The largest absolute Gasteiger partial charge is 0.493 e. The predicted molar refractivity (Wildman–Crippen MR) is 135 cm³/mol. The van der Waals surface area contributed by atoms with E-state index in [1.165, 1.54) is 31.0 Å². The summed E-state index contributed by atoms with van der Waals surface area (Å²) < 4.78 is 44.8. The number of thiophene rings is 1. The second kappa shape index (κ2) is 10.2. The van der Waals surface area contributed by atoms with Gasteiger partial charge >= 0.3 is 0 Å². The first-order chi connectivity index (χ1) is 18.3. The average Bonchev–Trinajstić information content (AvgIpc) is 3.53. The Morgan fingerprint density at radius 1 is 1.21 bits per heavy atom. The highest BCUT2D eigenvalue weighted by Crippen LogP contribution is 2.48. The lowest BCUT2D eigenvalue weighted by Gasteiger charge is -2.13. The second-order valence-electron chi connectivity index (χ2n) is 8.52. The number of carbonyl (C=O) groups excluding carboxylic acids is 2. The molecule has 3 N–H and O–H groups in total. The molecule has 0 saturated heterocycles. The van der Waals surface area contributed by atoms with Crippen LogP contribution in [0.2, 0.25) is 0 Å². The number of nitrogens with one attached hydrogen (secondary N) is 1. The number of rotatable bonds is 10. The number of anilines is 1. The highest BCUT2D eigenvalue weighted by molar-refractivity contribution is 7.21. The fraction of sp³-hybridized carbons (Fsp3) is 0.280. The van der Waals surface area contributed by atoms with Crippen molar-refractivity contribution in [3.8, 4) is 17.2 Å². The molecule has 4 aromatic rings. The molecule has 1 saturated carbocycles. The number of halogens is 2.